The monoisotopic (exact) mass is 394 g/mol. The first-order valence-corrected chi connectivity index (χ1v) is 8.86. The Labute approximate surface area is 167 Å². The molecule has 0 saturated carbocycles. The maximum atomic E-state index is 13.6. The van der Waals surface area contributed by atoms with Crippen LogP contribution in [0.2, 0.25) is 0 Å². The number of rotatable bonds is 7. The lowest BCUT2D eigenvalue weighted by molar-refractivity contribution is 0.0600. The summed E-state index contributed by atoms with van der Waals surface area (Å²) in [6, 6.07) is 13.1. The Bertz CT molecular complexity index is 992. The Hall–Kier alpha value is -3.81. The number of carbonyl (C=O) groups excluding carboxylic acids is 2. The van der Waals surface area contributed by atoms with Gasteiger partial charge in [0.05, 0.1) is 25.1 Å². The van der Waals surface area contributed by atoms with Crippen LogP contribution in [-0.2, 0) is 11.2 Å². The number of anilines is 2. The van der Waals surface area contributed by atoms with Crippen molar-refractivity contribution >= 4 is 23.4 Å². The number of amides is 1. The van der Waals surface area contributed by atoms with Gasteiger partial charge in [-0.1, -0.05) is 18.2 Å². The van der Waals surface area contributed by atoms with Gasteiger partial charge in [0.25, 0.3) is 5.91 Å². The van der Waals surface area contributed by atoms with Crippen molar-refractivity contribution in [2.24, 2.45) is 0 Å². The Kier molecular flexibility index (Phi) is 6.47. The Balaban J connectivity index is 1.53. The summed E-state index contributed by atoms with van der Waals surface area (Å²) in [6.45, 7) is 0.286. The quantitative estimate of drug-likeness (QED) is 0.598. The number of carbonyl (C=O) groups is 2. The Morgan fingerprint density at radius 3 is 2.45 bits per heavy atom. The molecule has 0 spiro atoms. The van der Waals surface area contributed by atoms with Gasteiger partial charge in [0.1, 0.15) is 17.3 Å². The molecule has 1 aromatic heterocycles. The molecular weight excluding hydrogens is 375 g/mol. The van der Waals surface area contributed by atoms with Crippen LogP contribution in [0.1, 0.15) is 26.4 Å². The van der Waals surface area contributed by atoms with Crippen LogP contribution in [0.4, 0.5) is 15.9 Å². The maximum Gasteiger partial charge on any atom is 0.337 e. The summed E-state index contributed by atoms with van der Waals surface area (Å²) in [4.78, 5) is 31.8. The van der Waals surface area contributed by atoms with Crippen LogP contribution in [0, 0.1) is 5.82 Å². The highest BCUT2D eigenvalue weighted by Crippen LogP contribution is 2.15. The van der Waals surface area contributed by atoms with Gasteiger partial charge >= 0.3 is 5.97 Å². The second-order valence-electron chi connectivity index (χ2n) is 6.08. The molecule has 3 aromatic rings. The van der Waals surface area contributed by atoms with Gasteiger partial charge in [-0.3, -0.25) is 4.79 Å². The smallest absolute Gasteiger partial charge is 0.337 e. The van der Waals surface area contributed by atoms with Gasteiger partial charge < -0.3 is 15.4 Å². The molecule has 0 bridgehead atoms. The van der Waals surface area contributed by atoms with Crippen molar-refractivity contribution in [3.05, 3.63) is 83.6 Å². The van der Waals surface area contributed by atoms with Crippen molar-refractivity contribution in [1.82, 2.24) is 15.3 Å². The molecule has 1 amide bonds. The maximum absolute atomic E-state index is 13.6. The van der Waals surface area contributed by atoms with Crippen molar-refractivity contribution in [1.29, 1.82) is 0 Å². The van der Waals surface area contributed by atoms with E-state index < -0.39 is 5.97 Å². The largest absolute Gasteiger partial charge is 0.465 e. The number of methoxy groups -OCH3 is 1. The predicted octanol–water partition coefficient (Wildman–Crippen LogP) is 3.12. The summed E-state index contributed by atoms with van der Waals surface area (Å²) in [5.74, 6) is -0.653. The van der Waals surface area contributed by atoms with Crippen LogP contribution in [0.25, 0.3) is 0 Å². The number of benzene rings is 2. The topological polar surface area (TPSA) is 93.2 Å². The first-order chi connectivity index (χ1) is 14.1. The molecule has 0 atom stereocenters. The van der Waals surface area contributed by atoms with Crippen LogP contribution >= 0.6 is 0 Å². The fourth-order valence-electron chi connectivity index (χ4n) is 2.57. The highest BCUT2D eigenvalue weighted by Gasteiger charge is 2.09. The van der Waals surface area contributed by atoms with Gasteiger partial charge in [0.2, 0.25) is 0 Å². The zero-order chi connectivity index (χ0) is 20.6. The molecule has 2 aromatic carbocycles. The van der Waals surface area contributed by atoms with E-state index in [2.05, 4.69) is 25.3 Å². The number of esters is 1. The summed E-state index contributed by atoms with van der Waals surface area (Å²) in [6.07, 6.45) is 3.16. The van der Waals surface area contributed by atoms with E-state index in [1.807, 2.05) is 0 Å². The highest BCUT2D eigenvalue weighted by molar-refractivity contribution is 5.92. The number of nitrogens with zero attached hydrogens (tertiary/aromatic N) is 2. The van der Waals surface area contributed by atoms with E-state index in [4.69, 9.17) is 0 Å². The summed E-state index contributed by atoms with van der Waals surface area (Å²) in [5, 5.41) is 5.72. The molecule has 0 saturated heterocycles. The molecule has 1 heterocycles. The molecule has 29 heavy (non-hydrogen) atoms. The molecule has 2 N–H and O–H groups in total. The summed E-state index contributed by atoms with van der Waals surface area (Å²) >= 11 is 0. The number of hydrogen-bond donors (Lipinski definition) is 2. The van der Waals surface area contributed by atoms with Gasteiger partial charge in [-0.25, -0.2) is 19.2 Å². The second kappa shape index (κ2) is 9.41. The van der Waals surface area contributed by atoms with E-state index in [-0.39, 0.29) is 24.0 Å². The van der Waals surface area contributed by atoms with Crippen LogP contribution in [-0.4, -0.2) is 35.5 Å². The second-order valence-corrected chi connectivity index (χ2v) is 6.08. The minimum absolute atomic E-state index is 0.158. The summed E-state index contributed by atoms with van der Waals surface area (Å²) in [5.41, 5.74) is 1.84. The van der Waals surface area contributed by atoms with Crippen molar-refractivity contribution in [2.75, 3.05) is 19.0 Å². The molecule has 0 unspecified atom stereocenters. The van der Waals surface area contributed by atoms with Crippen LogP contribution in [0.15, 0.2) is 60.9 Å². The number of nitrogens with one attached hydrogen (secondary N) is 2. The fourth-order valence-corrected chi connectivity index (χ4v) is 2.57. The van der Waals surface area contributed by atoms with Crippen molar-refractivity contribution in [3.63, 3.8) is 0 Å². The lowest BCUT2D eigenvalue weighted by Gasteiger charge is -2.08. The Morgan fingerprint density at radius 1 is 1.03 bits per heavy atom. The molecule has 0 aliphatic rings. The van der Waals surface area contributed by atoms with Gasteiger partial charge in [-0.15, -0.1) is 0 Å². The van der Waals surface area contributed by atoms with Gasteiger partial charge in [-0.2, -0.15) is 0 Å². The Morgan fingerprint density at radius 2 is 1.79 bits per heavy atom. The molecule has 0 aliphatic carbocycles. The molecule has 148 valence electrons. The third-order valence-corrected chi connectivity index (χ3v) is 4.10. The van der Waals surface area contributed by atoms with E-state index in [0.717, 1.165) is 0 Å². The lowest BCUT2D eigenvalue weighted by atomic mass is 10.1. The van der Waals surface area contributed by atoms with E-state index in [1.54, 1.807) is 42.5 Å². The predicted molar refractivity (Wildman–Crippen MR) is 106 cm³/mol. The van der Waals surface area contributed by atoms with E-state index in [1.165, 1.54) is 25.6 Å². The first kappa shape index (κ1) is 19.9. The average molecular weight is 394 g/mol. The van der Waals surface area contributed by atoms with E-state index >= 15 is 0 Å². The van der Waals surface area contributed by atoms with Crippen molar-refractivity contribution in [3.8, 4) is 0 Å². The number of halogens is 1. The van der Waals surface area contributed by atoms with E-state index in [0.29, 0.717) is 29.1 Å². The number of ether oxygens (including phenoxy) is 1. The van der Waals surface area contributed by atoms with Gasteiger partial charge in [-0.05, 0) is 42.3 Å². The zero-order valence-corrected chi connectivity index (χ0v) is 15.7. The molecule has 0 radical (unpaired) electrons. The molecule has 7 nitrogen and oxygen atoms in total. The number of aromatic nitrogens is 2. The summed E-state index contributed by atoms with van der Waals surface area (Å²) in [7, 11) is 1.32. The number of hydrogen-bond acceptors (Lipinski definition) is 6. The molecule has 3 rings (SSSR count). The standard InChI is InChI=1S/C21H19FN4O3/c1-29-21(28)15-6-8-16(9-7-15)26-19-13-24-18(12-25-19)20(27)23-11-10-14-4-2-3-5-17(14)22/h2-9,12-13H,10-11H2,1H3,(H,23,27)(H,25,26). The molecule has 0 fully saturated rings. The van der Waals surface area contributed by atoms with Crippen molar-refractivity contribution in [2.45, 2.75) is 6.42 Å². The first-order valence-electron chi connectivity index (χ1n) is 8.86. The SMILES string of the molecule is COC(=O)c1ccc(Nc2cnc(C(=O)NCCc3ccccc3F)cn2)cc1. The molecular formula is C21H19FN4O3. The van der Waals surface area contributed by atoms with E-state index in [9.17, 15) is 14.0 Å². The fraction of sp³-hybridized carbons (Fsp3) is 0.143. The van der Waals surface area contributed by atoms with Crippen LogP contribution < -0.4 is 10.6 Å². The van der Waals surface area contributed by atoms with Gasteiger partial charge in [0.15, 0.2) is 0 Å². The molecule has 8 heteroatoms. The lowest BCUT2D eigenvalue weighted by Crippen LogP contribution is -2.26. The van der Waals surface area contributed by atoms with Crippen LogP contribution in [0.3, 0.4) is 0 Å². The highest BCUT2D eigenvalue weighted by atomic mass is 19.1. The third-order valence-electron chi connectivity index (χ3n) is 4.10. The normalized spacial score (nSPS) is 10.3. The average Bonchev–Trinajstić information content (AvgIpc) is 2.75. The minimum atomic E-state index is -0.415. The molecule has 0 aliphatic heterocycles. The van der Waals surface area contributed by atoms with Crippen molar-refractivity contribution < 1.29 is 18.7 Å². The third kappa shape index (κ3) is 5.35. The minimum Gasteiger partial charge on any atom is -0.465 e. The van der Waals surface area contributed by atoms with Crippen LogP contribution in [0.5, 0.6) is 0 Å². The summed E-state index contributed by atoms with van der Waals surface area (Å²) < 4.78 is 18.2. The zero-order valence-electron chi connectivity index (χ0n) is 15.7. The van der Waals surface area contributed by atoms with Gasteiger partial charge in [0, 0.05) is 12.2 Å².